The van der Waals surface area contributed by atoms with Crippen molar-refractivity contribution in [3.05, 3.63) is 29.8 Å². The Morgan fingerprint density at radius 1 is 1.33 bits per heavy atom. The Balaban J connectivity index is 1.63. The second kappa shape index (κ2) is 9.14. The molecule has 2 amide bonds. The number of nitriles is 1. The molecule has 24 heavy (non-hydrogen) atoms. The molecule has 0 heterocycles. The molecule has 0 saturated heterocycles. The summed E-state index contributed by atoms with van der Waals surface area (Å²) >= 11 is 0. The zero-order valence-corrected chi connectivity index (χ0v) is 14.4. The normalized spacial score (nSPS) is 20.2. The molecule has 2 rings (SSSR count). The molecule has 2 N–H and O–H groups in total. The highest BCUT2D eigenvalue weighted by Gasteiger charge is 2.24. The predicted molar refractivity (Wildman–Crippen MR) is 92.9 cm³/mol. The lowest BCUT2D eigenvalue weighted by atomic mass is 9.90. The summed E-state index contributed by atoms with van der Waals surface area (Å²) in [6.07, 6.45) is 4.39. The number of rotatable bonds is 6. The fourth-order valence-electron chi connectivity index (χ4n) is 2.96. The minimum absolute atomic E-state index is 0.136. The van der Waals surface area contributed by atoms with Gasteiger partial charge in [-0.15, -0.1) is 0 Å². The summed E-state index contributed by atoms with van der Waals surface area (Å²) in [4.78, 5) is 14.2. The Morgan fingerprint density at radius 3 is 2.75 bits per heavy atom. The van der Waals surface area contributed by atoms with Crippen molar-refractivity contribution in [2.45, 2.75) is 37.8 Å². The summed E-state index contributed by atoms with van der Waals surface area (Å²) in [6, 6.07) is 9.63. The minimum atomic E-state index is -0.136. The second-order valence-corrected chi connectivity index (χ2v) is 6.37. The second-order valence-electron chi connectivity index (χ2n) is 6.37. The molecule has 0 spiro atoms. The monoisotopic (exact) mass is 330 g/mol. The van der Waals surface area contributed by atoms with Crippen molar-refractivity contribution in [1.82, 2.24) is 15.5 Å². The van der Waals surface area contributed by atoms with Crippen LogP contribution in [-0.4, -0.2) is 50.3 Å². The van der Waals surface area contributed by atoms with E-state index >= 15 is 0 Å². The van der Waals surface area contributed by atoms with Crippen molar-refractivity contribution in [3.8, 4) is 11.8 Å². The van der Waals surface area contributed by atoms with Crippen LogP contribution in [-0.2, 0) is 0 Å². The van der Waals surface area contributed by atoms with Crippen LogP contribution in [0, 0.1) is 11.3 Å². The van der Waals surface area contributed by atoms with Crippen molar-refractivity contribution in [1.29, 1.82) is 5.26 Å². The van der Waals surface area contributed by atoms with Crippen molar-refractivity contribution >= 4 is 6.03 Å². The van der Waals surface area contributed by atoms with E-state index < -0.39 is 0 Å². The van der Waals surface area contributed by atoms with Crippen LogP contribution >= 0.6 is 0 Å². The third kappa shape index (κ3) is 5.74. The lowest BCUT2D eigenvalue weighted by molar-refractivity contribution is 0.192. The van der Waals surface area contributed by atoms with E-state index in [-0.39, 0.29) is 12.1 Å². The van der Waals surface area contributed by atoms with E-state index in [1.54, 1.807) is 24.3 Å². The van der Waals surface area contributed by atoms with Gasteiger partial charge in [0.25, 0.3) is 0 Å². The molecular weight excluding hydrogens is 304 g/mol. The van der Waals surface area contributed by atoms with Crippen LogP contribution in [0.25, 0.3) is 0 Å². The van der Waals surface area contributed by atoms with E-state index in [4.69, 9.17) is 10.00 Å². The number of hydrogen-bond acceptors (Lipinski definition) is 4. The first-order valence-corrected chi connectivity index (χ1v) is 8.42. The number of carbonyl (C=O) groups is 1. The minimum Gasteiger partial charge on any atom is -0.492 e. The summed E-state index contributed by atoms with van der Waals surface area (Å²) in [5.41, 5.74) is 0.600. The number of ether oxygens (including phenoxy) is 1. The van der Waals surface area contributed by atoms with Gasteiger partial charge in [-0.1, -0.05) is 0 Å². The maximum absolute atomic E-state index is 12.0. The molecule has 2 unspecified atom stereocenters. The van der Waals surface area contributed by atoms with E-state index in [9.17, 15) is 4.79 Å². The van der Waals surface area contributed by atoms with Gasteiger partial charge in [0, 0.05) is 12.1 Å². The average Bonchev–Trinajstić information content (AvgIpc) is 2.59. The maximum Gasteiger partial charge on any atom is 0.315 e. The molecule has 1 aromatic carbocycles. The first-order valence-electron chi connectivity index (χ1n) is 8.42. The van der Waals surface area contributed by atoms with Gasteiger partial charge in [-0.05, 0) is 64.0 Å². The summed E-state index contributed by atoms with van der Waals surface area (Å²) in [6.45, 7) is 0.833. The number of nitrogens with one attached hydrogen (secondary N) is 2. The first-order chi connectivity index (χ1) is 11.6. The highest BCUT2D eigenvalue weighted by Crippen LogP contribution is 2.21. The van der Waals surface area contributed by atoms with Crippen LogP contribution in [0.4, 0.5) is 4.79 Å². The molecular formula is C18H26N4O2. The maximum atomic E-state index is 12.0. The number of urea groups is 1. The van der Waals surface area contributed by atoms with E-state index in [1.165, 1.54) is 6.42 Å². The topological polar surface area (TPSA) is 77.4 Å². The summed E-state index contributed by atoms with van der Waals surface area (Å²) < 4.78 is 5.54. The van der Waals surface area contributed by atoms with E-state index in [2.05, 4.69) is 35.7 Å². The zero-order chi connectivity index (χ0) is 17.4. The SMILES string of the molecule is CN(C)C1CCCC(NC(=O)NCCOc2ccc(C#N)cc2)C1. The molecule has 0 bridgehead atoms. The largest absolute Gasteiger partial charge is 0.492 e. The highest BCUT2D eigenvalue weighted by molar-refractivity contribution is 5.74. The zero-order valence-electron chi connectivity index (χ0n) is 14.4. The standard InChI is InChI=1S/C18H26N4O2/c1-22(2)16-5-3-4-15(12-16)21-18(23)20-10-11-24-17-8-6-14(13-19)7-9-17/h6-9,15-16H,3-5,10-12H2,1-2H3,(H2,20,21,23). The fourth-order valence-corrected chi connectivity index (χ4v) is 2.96. The van der Waals surface area contributed by atoms with Gasteiger partial charge in [-0.2, -0.15) is 5.26 Å². The molecule has 1 aliphatic rings. The van der Waals surface area contributed by atoms with Gasteiger partial charge in [0.05, 0.1) is 18.2 Å². The van der Waals surface area contributed by atoms with Gasteiger partial charge in [0.2, 0.25) is 0 Å². The van der Waals surface area contributed by atoms with Gasteiger partial charge >= 0.3 is 6.03 Å². The van der Waals surface area contributed by atoms with Crippen molar-refractivity contribution in [2.24, 2.45) is 0 Å². The lowest BCUT2D eigenvalue weighted by Crippen LogP contribution is -2.47. The Kier molecular flexibility index (Phi) is 6.89. The molecule has 0 aliphatic heterocycles. The van der Waals surface area contributed by atoms with Gasteiger partial charge < -0.3 is 20.3 Å². The smallest absolute Gasteiger partial charge is 0.315 e. The van der Waals surface area contributed by atoms with E-state index in [0.29, 0.717) is 30.5 Å². The van der Waals surface area contributed by atoms with Crippen LogP contribution in [0.2, 0.25) is 0 Å². The summed E-state index contributed by atoms with van der Waals surface area (Å²) in [5, 5.41) is 14.6. The van der Waals surface area contributed by atoms with Crippen LogP contribution < -0.4 is 15.4 Å². The highest BCUT2D eigenvalue weighted by atomic mass is 16.5. The van der Waals surface area contributed by atoms with Gasteiger partial charge in [0.1, 0.15) is 12.4 Å². The van der Waals surface area contributed by atoms with E-state index in [1.807, 2.05) is 0 Å². The predicted octanol–water partition coefficient (Wildman–Crippen LogP) is 2.11. The third-order valence-electron chi connectivity index (χ3n) is 4.35. The number of hydrogen-bond donors (Lipinski definition) is 2. The molecule has 1 aliphatic carbocycles. The van der Waals surface area contributed by atoms with Crippen LogP contribution in [0.5, 0.6) is 5.75 Å². The lowest BCUT2D eigenvalue weighted by Gasteiger charge is -2.33. The molecule has 130 valence electrons. The number of amides is 2. The summed E-state index contributed by atoms with van der Waals surface area (Å²) in [5.74, 6) is 0.692. The Bertz CT molecular complexity index is 565. The van der Waals surface area contributed by atoms with Crippen LogP contribution in [0.3, 0.4) is 0 Å². The molecule has 0 radical (unpaired) electrons. The Morgan fingerprint density at radius 2 is 2.08 bits per heavy atom. The number of benzene rings is 1. The Labute approximate surface area is 143 Å². The number of carbonyl (C=O) groups excluding carboxylic acids is 1. The average molecular weight is 330 g/mol. The quantitative estimate of drug-likeness (QED) is 0.783. The number of nitrogens with zero attached hydrogens (tertiary/aromatic N) is 2. The molecule has 1 saturated carbocycles. The van der Waals surface area contributed by atoms with Crippen LogP contribution in [0.15, 0.2) is 24.3 Å². The first kappa shape index (κ1) is 18.1. The molecule has 2 atom stereocenters. The van der Waals surface area contributed by atoms with Crippen molar-refractivity contribution in [3.63, 3.8) is 0 Å². The van der Waals surface area contributed by atoms with Crippen LogP contribution in [0.1, 0.15) is 31.2 Å². The van der Waals surface area contributed by atoms with Crippen molar-refractivity contribution < 1.29 is 9.53 Å². The van der Waals surface area contributed by atoms with E-state index in [0.717, 1.165) is 19.3 Å². The van der Waals surface area contributed by atoms with Gasteiger partial charge in [-0.25, -0.2) is 4.79 Å². The van der Waals surface area contributed by atoms with Gasteiger partial charge in [0.15, 0.2) is 0 Å². The Hall–Kier alpha value is -2.26. The molecule has 1 fully saturated rings. The van der Waals surface area contributed by atoms with Gasteiger partial charge in [-0.3, -0.25) is 0 Å². The molecule has 6 heteroatoms. The fraction of sp³-hybridized carbons (Fsp3) is 0.556. The third-order valence-corrected chi connectivity index (χ3v) is 4.35. The molecule has 0 aromatic heterocycles. The van der Waals surface area contributed by atoms with Crippen molar-refractivity contribution in [2.75, 3.05) is 27.2 Å². The molecule has 6 nitrogen and oxygen atoms in total. The molecule has 1 aromatic rings. The summed E-state index contributed by atoms with van der Waals surface area (Å²) in [7, 11) is 4.18.